The molecule has 0 atom stereocenters. The second-order valence-electron chi connectivity index (χ2n) is 6.85. The molecule has 0 heterocycles. The maximum atomic E-state index is 6.71. The largest absolute Gasteiger partial charge is 0.543 e. The molecule has 2 heteroatoms. The normalized spacial score (nSPS) is 13.6. The van der Waals surface area contributed by atoms with Crippen LogP contribution < -0.4 is 0 Å². The Morgan fingerprint density at radius 2 is 1.41 bits per heavy atom. The van der Waals surface area contributed by atoms with Crippen molar-refractivity contribution in [2.45, 2.75) is 65.1 Å². The Morgan fingerprint density at radius 3 is 1.82 bits per heavy atom. The Kier molecular flexibility index (Phi) is 7.14. The second-order valence-corrected chi connectivity index (χ2v) is 12.2. The predicted octanol–water partition coefficient (Wildman–Crippen LogP) is 6.80. The lowest BCUT2D eigenvalue weighted by molar-refractivity contribution is 0.386. The molecule has 0 fully saturated rings. The van der Waals surface area contributed by atoms with Crippen molar-refractivity contribution in [3.05, 3.63) is 53.8 Å². The number of allylic oxidation sites excluding steroid dienone is 2. The molecule has 1 aromatic rings. The smallest absolute Gasteiger partial charge is 0.258 e. The maximum absolute atomic E-state index is 6.71. The first-order valence-corrected chi connectivity index (χ1v) is 10.6. The third kappa shape index (κ3) is 4.36. The molecule has 0 bridgehead atoms. The molecule has 0 saturated carbocycles. The van der Waals surface area contributed by atoms with Crippen LogP contribution >= 0.6 is 0 Å². The SMILES string of the molecule is C/C=C(\C=C\c1ccccc1)O[Si](C(C)C)(C(C)C)C(C)C. The first-order chi connectivity index (χ1) is 10.3. The molecule has 0 aliphatic rings. The highest BCUT2D eigenvalue weighted by atomic mass is 28.4. The van der Waals surface area contributed by atoms with Gasteiger partial charge in [-0.15, -0.1) is 0 Å². The van der Waals surface area contributed by atoms with Crippen molar-refractivity contribution in [1.82, 2.24) is 0 Å². The fourth-order valence-corrected chi connectivity index (χ4v) is 8.79. The lowest BCUT2D eigenvalue weighted by Crippen LogP contribution is -2.47. The van der Waals surface area contributed by atoms with Crippen LogP contribution in [0, 0.1) is 0 Å². The van der Waals surface area contributed by atoms with Gasteiger partial charge in [-0.25, -0.2) is 0 Å². The summed E-state index contributed by atoms with van der Waals surface area (Å²) in [6.07, 6.45) is 6.34. The monoisotopic (exact) mass is 316 g/mol. The summed E-state index contributed by atoms with van der Waals surface area (Å²) in [4.78, 5) is 0. The van der Waals surface area contributed by atoms with Crippen LogP contribution in [0.4, 0.5) is 0 Å². The quantitative estimate of drug-likeness (QED) is 0.305. The van der Waals surface area contributed by atoms with Crippen LogP contribution in [0.15, 0.2) is 48.2 Å². The molecule has 0 saturated heterocycles. The summed E-state index contributed by atoms with van der Waals surface area (Å²) in [7, 11) is -1.87. The molecule has 0 radical (unpaired) electrons. The molecule has 22 heavy (non-hydrogen) atoms. The van der Waals surface area contributed by atoms with Crippen LogP contribution in [0.1, 0.15) is 54.0 Å². The lowest BCUT2D eigenvalue weighted by atomic mass is 10.2. The number of benzene rings is 1. The topological polar surface area (TPSA) is 9.23 Å². The molecule has 122 valence electrons. The van der Waals surface area contributed by atoms with E-state index in [1.807, 2.05) is 6.07 Å². The van der Waals surface area contributed by atoms with E-state index in [4.69, 9.17) is 4.43 Å². The van der Waals surface area contributed by atoms with E-state index in [-0.39, 0.29) is 0 Å². The minimum atomic E-state index is -1.87. The Labute approximate surface area is 138 Å². The van der Waals surface area contributed by atoms with Crippen LogP contribution in [0.2, 0.25) is 16.6 Å². The summed E-state index contributed by atoms with van der Waals surface area (Å²) < 4.78 is 6.71. The zero-order chi connectivity index (χ0) is 16.8. The van der Waals surface area contributed by atoms with E-state index >= 15 is 0 Å². The highest BCUT2D eigenvalue weighted by Crippen LogP contribution is 2.43. The first kappa shape index (κ1) is 18.8. The molecule has 1 aromatic carbocycles. The van der Waals surface area contributed by atoms with Crippen molar-refractivity contribution in [1.29, 1.82) is 0 Å². The summed E-state index contributed by atoms with van der Waals surface area (Å²) in [5.41, 5.74) is 2.98. The van der Waals surface area contributed by atoms with E-state index in [0.717, 1.165) is 5.76 Å². The van der Waals surface area contributed by atoms with E-state index in [0.29, 0.717) is 16.6 Å². The first-order valence-electron chi connectivity index (χ1n) is 8.43. The van der Waals surface area contributed by atoms with E-state index in [1.165, 1.54) is 5.56 Å². The molecule has 0 aliphatic carbocycles. The van der Waals surface area contributed by atoms with E-state index in [2.05, 4.69) is 91.0 Å². The van der Waals surface area contributed by atoms with Crippen molar-refractivity contribution in [3.8, 4) is 0 Å². The summed E-state index contributed by atoms with van der Waals surface area (Å²) >= 11 is 0. The third-order valence-electron chi connectivity index (χ3n) is 4.53. The highest BCUT2D eigenvalue weighted by Gasteiger charge is 2.47. The van der Waals surface area contributed by atoms with Crippen molar-refractivity contribution in [2.24, 2.45) is 0 Å². The molecular weight excluding hydrogens is 284 g/mol. The van der Waals surface area contributed by atoms with Crippen LogP contribution in [0.3, 0.4) is 0 Å². The standard InChI is InChI=1S/C20H32OSi/c1-8-20(15-14-19-12-10-9-11-13-19)21-22(16(2)3,17(4)5)18(6)7/h8-18H,1-7H3/b15-14+,20-8+. The van der Waals surface area contributed by atoms with Gasteiger partial charge in [0.05, 0.1) is 5.76 Å². The highest BCUT2D eigenvalue weighted by molar-refractivity contribution is 6.77. The van der Waals surface area contributed by atoms with E-state index < -0.39 is 8.32 Å². The second kappa shape index (κ2) is 8.38. The molecule has 1 rings (SSSR count). The van der Waals surface area contributed by atoms with Gasteiger partial charge in [0.15, 0.2) is 0 Å². The van der Waals surface area contributed by atoms with Gasteiger partial charge < -0.3 is 4.43 Å². The van der Waals surface area contributed by atoms with Crippen LogP contribution in [-0.2, 0) is 4.43 Å². The van der Waals surface area contributed by atoms with Gasteiger partial charge in [0.1, 0.15) is 0 Å². The van der Waals surface area contributed by atoms with Gasteiger partial charge >= 0.3 is 0 Å². The molecule has 0 amide bonds. The molecule has 0 unspecified atom stereocenters. The summed E-state index contributed by atoms with van der Waals surface area (Å²) in [6, 6.07) is 10.4. The zero-order valence-electron chi connectivity index (χ0n) is 15.3. The Bertz CT molecular complexity index is 476. The molecule has 0 N–H and O–H groups in total. The predicted molar refractivity (Wildman–Crippen MR) is 101 cm³/mol. The molecular formula is C20H32OSi. The number of rotatable bonds is 7. The van der Waals surface area contributed by atoms with Gasteiger partial charge in [-0.3, -0.25) is 0 Å². The molecule has 1 nitrogen and oxygen atoms in total. The van der Waals surface area contributed by atoms with Crippen LogP contribution in [0.25, 0.3) is 6.08 Å². The third-order valence-corrected chi connectivity index (χ3v) is 10.5. The minimum absolute atomic E-state index is 0.590. The number of hydrogen-bond donors (Lipinski definition) is 0. The average Bonchev–Trinajstić information content (AvgIpc) is 2.47. The molecule has 0 aromatic heterocycles. The van der Waals surface area contributed by atoms with Gasteiger partial charge in [-0.05, 0) is 41.3 Å². The van der Waals surface area contributed by atoms with E-state index in [1.54, 1.807) is 0 Å². The van der Waals surface area contributed by atoms with Crippen molar-refractivity contribution in [2.75, 3.05) is 0 Å². The fourth-order valence-electron chi connectivity index (χ4n) is 3.49. The van der Waals surface area contributed by atoms with Crippen LogP contribution in [-0.4, -0.2) is 8.32 Å². The fraction of sp³-hybridized carbons (Fsp3) is 0.500. The van der Waals surface area contributed by atoms with E-state index in [9.17, 15) is 0 Å². The lowest BCUT2D eigenvalue weighted by Gasteiger charge is -2.42. The van der Waals surface area contributed by atoms with Gasteiger partial charge in [-0.1, -0.05) is 78.0 Å². The number of hydrogen-bond acceptors (Lipinski definition) is 1. The average molecular weight is 317 g/mol. The summed E-state index contributed by atoms with van der Waals surface area (Å²) in [6.45, 7) is 16.0. The summed E-state index contributed by atoms with van der Waals surface area (Å²) in [5.74, 6) is 1.01. The zero-order valence-corrected chi connectivity index (χ0v) is 16.3. The van der Waals surface area contributed by atoms with Gasteiger partial charge in [0.25, 0.3) is 8.32 Å². The molecule has 0 aliphatic heterocycles. The van der Waals surface area contributed by atoms with Crippen LogP contribution in [0.5, 0.6) is 0 Å². The van der Waals surface area contributed by atoms with Crippen molar-refractivity contribution in [3.63, 3.8) is 0 Å². The minimum Gasteiger partial charge on any atom is -0.543 e. The van der Waals surface area contributed by atoms with Gasteiger partial charge in [0, 0.05) is 0 Å². The molecule has 0 spiro atoms. The van der Waals surface area contributed by atoms with Gasteiger partial charge in [-0.2, -0.15) is 0 Å². The summed E-state index contributed by atoms with van der Waals surface area (Å²) in [5, 5.41) is 0. The Hall–Kier alpha value is -1.28. The van der Waals surface area contributed by atoms with Gasteiger partial charge in [0.2, 0.25) is 0 Å². The van der Waals surface area contributed by atoms with Crippen molar-refractivity contribution >= 4 is 14.4 Å². The van der Waals surface area contributed by atoms with Crippen molar-refractivity contribution < 1.29 is 4.43 Å². The maximum Gasteiger partial charge on any atom is 0.258 e. The Morgan fingerprint density at radius 1 is 0.909 bits per heavy atom. The Balaban J connectivity index is 3.02.